The highest BCUT2D eigenvalue weighted by molar-refractivity contribution is 6.28. The molecule has 1 atom stereocenters. The van der Waals surface area contributed by atoms with Gasteiger partial charge in [0.25, 0.3) is 0 Å². The van der Waals surface area contributed by atoms with Gasteiger partial charge in [0.15, 0.2) is 5.65 Å². The van der Waals surface area contributed by atoms with E-state index >= 15 is 0 Å². The number of aryl methyl sites for hydroxylation is 1. The van der Waals surface area contributed by atoms with E-state index in [1.807, 2.05) is 6.92 Å². The predicted octanol–water partition coefficient (Wildman–Crippen LogP) is 1.48. The minimum atomic E-state index is 0.222. The van der Waals surface area contributed by atoms with Crippen molar-refractivity contribution in [1.29, 1.82) is 0 Å². The largest absolute Gasteiger partial charge is 0.365 e. The van der Waals surface area contributed by atoms with Gasteiger partial charge in [-0.15, -0.1) is 0 Å². The van der Waals surface area contributed by atoms with E-state index in [0.717, 1.165) is 36.4 Å². The summed E-state index contributed by atoms with van der Waals surface area (Å²) < 4.78 is 0. The van der Waals surface area contributed by atoms with Crippen LogP contribution in [0.15, 0.2) is 0 Å². The third-order valence-corrected chi connectivity index (χ3v) is 3.37. The van der Waals surface area contributed by atoms with E-state index in [-0.39, 0.29) is 5.28 Å². The zero-order valence-electron chi connectivity index (χ0n) is 10.1. The number of piperidine rings is 1. The summed E-state index contributed by atoms with van der Waals surface area (Å²) in [6.07, 6.45) is 2.30. The van der Waals surface area contributed by atoms with Gasteiger partial charge in [0, 0.05) is 18.3 Å². The summed E-state index contributed by atoms with van der Waals surface area (Å²) in [5, 5.41) is 15.0. The van der Waals surface area contributed by atoms with Gasteiger partial charge >= 0.3 is 0 Å². The zero-order chi connectivity index (χ0) is 12.5. The average Bonchev–Trinajstić information content (AvgIpc) is 2.72. The first-order valence-corrected chi connectivity index (χ1v) is 6.47. The molecule has 0 amide bonds. The highest BCUT2D eigenvalue weighted by Gasteiger charge is 2.17. The molecule has 1 aliphatic rings. The Morgan fingerprint density at radius 1 is 1.39 bits per heavy atom. The van der Waals surface area contributed by atoms with Gasteiger partial charge in [0.2, 0.25) is 5.28 Å². The quantitative estimate of drug-likeness (QED) is 0.718. The maximum Gasteiger partial charge on any atom is 0.226 e. The first-order valence-electron chi connectivity index (χ1n) is 6.09. The lowest BCUT2D eigenvalue weighted by Crippen LogP contribution is -2.38. The molecule has 0 bridgehead atoms. The van der Waals surface area contributed by atoms with Crippen molar-refractivity contribution in [2.75, 3.05) is 18.4 Å². The van der Waals surface area contributed by atoms with Crippen LogP contribution in [0.2, 0.25) is 5.28 Å². The van der Waals surface area contributed by atoms with Gasteiger partial charge in [-0.3, -0.25) is 5.10 Å². The number of rotatable bonds is 2. The fourth-order valence-electron chi connectivity index (χ4n) is 2.31. The van der Waals surface area contributed by atoms with Crippen LogP contribution in [0.3, 0.4) is 0 Å². The van der Waals surface area contributed by atoms with Crippen LogP contribution < -0.4 is 10.6 Å². The van der Waals surface area contributed by atoms with Gasteiger partial charge in [-0.05, 0) is 37.9 Å². The summed E-state index contributed by atoms with van der Waals surface area (Å²) in [5.74, 6) is 0.768. The molecule has 0 radical (unpaired) electrons. The van der Waals surface area contributed by atoms with Gasteiger partial charge in [-0.25, -0.2) is 0 Å². The van der Waals surface area contributed by atoms with Crippen LogP contribution in [0.25, 0.3) is 11.0 Å². The molecule has 1 saturated heterocycles. The van der Waals surface area contributed by atoms with Crippen LogP contribution in [0.1, 0.15) is 18.5 Å². The number of hydrogen-bond donors (Lipinski definition) is 3. The number of nitrogens with zero attached hydrogens (tertiary/aromatic N) is 3. The smallest absolute Gasteiger partial charge is 0.226 e. The molecule has 1 aliphatic heterocycles. The molecular formula is C11H15ClN6. The Labute approximate surface area is 110 Å². The minimum absolute atomic E-state index is 0.222. The summed E-state index contributed by atoms with van der Waals surface area (Å²) in [7, 11) is 0. The topological polar surface area (TPSA) is 78.5 Å². The Balaban J connectivity index is 1.96. The van der Waals surface area contributed by atoms with Crippen molar-refractivity contribution in [3.05, 3.63) is 11.0 Å². The average molecular weight is 267 g/mol. The summed E-state index contributed by atoms with van der Waals surface area (Å²) in [6.45, 7) is 3.99. The molecule has 3 N–H and O–H groups in total. The van der Waals surface area contributed by atoms with Crippen molar-refractivity contribution >= 4 is 28.5 Å². The van der Waals surface area contributed by atoms with E-state index in [4.69, 9.17) is 11.6 Å². The monoisotopic (exact) mass is 266 g/mol. The number of nitrogens with one attached hydrogen (secondary N) is 3. The first-order chi connectivity index (χ1) is 8.74. The SMILES string of the molecule is Cc1[nH]nc2nc(Cl)nc(N[C@@H]3CCCNC3)c12. The summed E-state index contributed by atoms with van der Waals surface area (Å²) in [6, 6.07) is 0.377. The van der Waals surface area contributed by atoms with Crippen molar-refractivity contribution in [2.45, 2.75) is 25.8 Å². The molecule has 3 rings (SSSR count). The number of hydrogen-bond acceptors (Lipinski definition) is 5. The number of H-pyrrole nitrogens is 1. The lowest BCUT2D eigenvalue weighted by atomic mass is 10.1. The second-order valence-corrected chi connectivity index (χ2v) is 4.91. The number of fused-ring (bicyclic) bond motifs is 1. The second-order valence-electron chi connectivity index (χ2n) is 4.58. The van der Waals surface area contributed by atoms with Gasteiger partial charge in [0.1, 0.15) is 5.82 Å². The fourth-order valence-corrected chi connectivity index (χ4v) is 2.48. The van der Waals surface area contributed by atoms with Crippen LogP contribution >= 0.6 is 11.6 Å². The van der Waals surface area contributed by atoms with E-state index in [9.17, 15) is 0 Å². The van der Waals surface area contributed by atoms with Crippen LogP contribution in [-0.2, 0) is 0 Å². The van der Waals surface area contributed by atoms with Gasteiger partial charge in [0.05, 0.1) is 5.39 Å². The van der Waals surface area contributed by atoms with Gasteiger partial charge in [-0.1, -0.05) is 0 Å². The molecule has 3 heterocycles. The third kappa shape index (κ3) is 2.13. The summed E-state index contributed by atoms with van der Waals surface area (Å²) in [4.78, 5) is 8.39. The lowest BCUT2D eigenvalue weighted by Gasteiger charge is -2.24. The molecule has 0 aromatic carbocycles. The fraction of sp³-hybridized carbons (Fsp3) is 0.545. The van der Waals surface area contributed by atoms with E-state index < -0.39 is 0 Å². The molecule has 2 aromatic rings. The maximum atomic E-state index is 5.92. The molecule has 18 heavy (non-hydrogen) atoms. The predicted molar refractivity (Wildman–Crippen MR) is 70.9 cm³/mol. The zero-order valence-corrected chi connectivity index (χ0v) is 10.9. The number of aromatic amines is 1. The van der Waals surface area contributed by atoms with E-state index in [2.05, 4.69) is 30.8 Å². The minimum Gasteiger partial charge on any atom is -0.365 e. The molecule has 7 heteroatoms. The summed E-state index contributed by atoms with van der Waals surface area (Å²) in [5.41, 5.74) is 1.56. The van der Waals surface area contributed by atoms with Crippen LogP contribution in [0, 0.1) is 6.92 Å². The Bertz CT molecular complexity index is 560. The van der Waals surface area contributed by atoms with E-state index in [1.165, 1.54) is 6.42 Å². The molecule has 0 spiro atoms. The molecule has 6 nitrogen and oxygen atoms in total. The molecule has 0 saturated carbocycles. The molecule has 96 valence electrons. The van der Waals surface area contributed by atoms with Gasteiger partial charge in [-0.2, -0.15) is 15.1 Å². The van der Waals surface area contributed by atoms with Crippen molar-refractivity contribution in [3.63, 3.8) is 0 Å². The Hall–Kier alpha value is -1.40. The lowest BCUT2D eigenvalue weighted by molar-refractivity contribution is 0.479. The molecule has 1 fully saturated rings. The van der Waals surface area contributed by atoms with Crippen LogP contribution in [-0.4, -0.2) is 39.3 Å². The normalized spacial score (nSPS) is 20.2. The highest BCUT2D eigenvalue weighted by atomic mass is 35.5. The van der Waals surface area contributed by atoms with Crippen LogP contribution in [0.4, 0.5) is 5.82 Å². The Morgan fingerprint density at radius 2 is 2.28 bits per heavy atom. The second kappa shape index (κ2) is 4.70. The van der Waals surface area contributed by atoms with E-state index in [1.54, 1.807) is 0 Å². The van der Waals surface area contributed by atoms with Gasteiger partial charge < -0.3 is 10.6 Å². The van der Waals surface area contributed by atoms with Crippen molar-refractivity contribution in [2.24, 2.45) is 0 Å². The highest BCUT2D eigenvalue weighted by Crippen LogP contribution is 2.24. The summed E-state index contributed by atoms with van der Waals surface area (Å²) >= 11 is 5.92. The number of halogens is 1. The van der Waals surface area contributed by atoms with Crippen molar-refractivity contribution in [1.82, 2.24) is 25.5 Å². The maximum absolute atomic E-state index is 5.92. The standard InChI is InChI=1S/C11H15ClN6/c1-6-8-9(14-7-3-2-4-13-5-7)15-11(12)16-10(8)18-17-6/h7,13H,2-5H2,1H3,(H2,14,15,16,17,18)/t7-/m1/s1. The first kappa shape index (κ1) is 11.7. The number of anilines is 1. The number of aromatic nitrogens is 4. The van der Waals surface area contributed by atoms with E-state index in [0.29, 0.717) is 11.7 Å². The molecular weight excluding hydrogens is 252 g/mol. The molecule has 0 aliphatic carbocycles. The third-order valence-electron chi connectivity index (χ3n) is 3.20. The van der Waals surface area contributed by atoms with Crippen molar-refractivity contribution < 1.29 is 0 Å². The van der Waals surface area contributed by atoms with Crippen LogP contribution in [0.5, 0.6) is 0 Å². The molecule has 2 aromatic heterocycles. The Morgan fingerprint density at radius 3 is 3.06 bits per heavy atom. The molecule has 0 unspecified atom stereocenters. The Kier molecular flexibility index (Phi) is 3.05. The van der Waals surface area contributed by atoms with Crippen molar-refractivity contribution in [3.8, 4) is 0 Å².